The lowest BCUT2D eigenvalue weighted by molar-refractivity contribution is -0.164. The Bertz CT molecular complexity index is 1430. The van der Waals surface area contributed by atoms with Crippen molar-refractivity contribution in [2.24, 2.45) is 26.8 Å². The number of amides is 1. The Morgan fingerprint density at radius 3 is 2.38 bits per heavy atom. The molecule has 3 rings (SSSR count). The Balaban J connectivity index is 1.59. The number of halogens is 1. The summed E-state index contributed by atoms with van der Waals surface area (Å²) in [6.07, 6.45) is 3.09. The average Bonchev–Trinajstić information content (AvgIpc) is 2.89. The Hall–Kier alpha value is -3.46. The maximum Gasteiger partial charge on any atom is 0.264 e. The normalized spacial score (nSPS) is 20.0. The summed E-state index contributed by atoms with van der Waals surface area (Å²) in [6.45, 7) is 8.20. The monoisotopic (exact) mass is 587 g/mol. The second-order valence-electron chi connectivity index (χ2n) is 10.9. The fraction of sp³-hybridized carbons (Fsp3) is 0.429. The van der Waals surface area contributed by atoms with Gasteiger partial charge in [-0.25, -0.2) is 0 Å². The first kappa shape index (κ1) is 31.1. The number of hydrogen-bond donors (Lipinski definition) is 2. The molecule has 40 heavy (non-hydrogen) atoms. The molecule has 0 atom stereocenters. The van der Waals surface area contributed by atoms with E-state index in [-0.39, 0.29) is 35.5 Å². The molecule has 2 aromatic rings. The summed E-state index contributed by atoms with van der Waals surface area (Å²) in [5.74, 6) is 5.77. The van der Waals surface area contributed by atoms with Gasteiger partial charge in [-0.15, -0.1) is 0 Å². The molecule has 0 radical (unpaired) electrons. The van der Waals surface area contributed by atoms with E-state index in [4.69, 9.17) is 31.6 Å². The second-order valence-corrected chi connectivity index (χ2v) is 12.9. The number of aliphatic imine (C=N–C) groups is 1. The maximum atomic E-state index is 13.1. The van der Waals surface area contributed by atoms with Crippen LogP contribution in [-0.2, 0) is 14.3 Å². The number of rotatable bonds is 11. The minimum absolute atomic E-state index is 0.0285. The van der Waals surface area contributed by atoms with E-state index in [1.807, 2.05) is 33.8 Å². The third kappa shape index (κ3) is 7.38. The van der Waals surface area contributed by atoms with Gasteiger partial charge in [0, 0.05) is 28.5 Å². The van der Waals surface area contributed by atoms with Gasteiger partial charge in [-0.3, -0.25) is 14.0 Å². The van der Waals surface area contributed by atoms with Gasteiger partial charge < -0.3 is 15.9 Å². The molecule has 3 N–H and O–H groups in total. The van der Waals surface area contributed by atoms with Gasteiger partial charge in [0.15, 0.2) is 0 Å². The van der Waals surface area contributed by atoms with Gasteiger partial charge in [0.05, 0.1) is 41.1 Å². The van der Waals surface area contributed by atoms with Crippen molar-refractivity contribution in [3.8, 4) is 11.8 Å². The van der Waals surface area contributed by atoms with Crippen LogP contribution >= 0.6 is 11.6 Å². The lowest BCUT2D eigenvalue weighted by Crippen LogP contribution is -2.74. The molecular formula is C28H34ClN5O5S. The van der Waals surface area contributed by atoms with Crippen LogP contribution in [0.25, 0.3) is 0 Å². The lowest BCUT2D eigenvalue weighted by atomic mass is 9.49. The van der Waals surface area contributed by atoms with Crippen LogP contribution in [0.1, 0.15) is 56.5 Å². The molecule has 0 saturated heterocycles. The SMILES string of the molecule is CC1(C)C(NC(=O)c2ccc(N=CC(CCCOS(C)(=O)=O)=NN)cc2)C(C)(C)C1Oc1ccc(C#N)c(Cl)c1. The Morgan fingerprint density at radius 1 is 1.18 bits per heavy atom. The van der Waals surface area contributed by atoms with Crippen molar-refractivity contribution in [1.29, 1.82) is 5.26 Å². The molecule has 1 aliphatic carbocycles. The van der Waals surface area contributed by atoms with E-state index < -0.39 is 10.1 Å². The first-order valence-corrected chi connectivity index (χ1v) is 14.8. The van der Waals surface area contributed by atoms with Crippen LogP contribution in [0.5, 0.6) is 5.75 Å². The number of carbonyl (C=O) groups excluding carboxylic acids is 1. The summed E-state index contributed by atoms with van der Waals surface area (Å²) in [5, 5.41) is 16.3. The zero-order chi connectivity index (χ0) is 29.7. The molecule has 1 amide bonds. The van der Waals surface area contributed by atoms with Crippen LogP contribution in [0.4, 0.5) is 5.69 Å². The van der Waals surface area contributed by atoms with Gasteiger partial charge in [0.25, 0.3) is 16.0 Å². The predicted molar refractivity (Wildman–Crippen MR) is 156 cm³/mol. The number of hydrazone groups is 1. The van der Waals surface area contributed by atoms with Gasteiger partial charge in [-0.1, -0.05) is 39.3 Å². The van der Waals surface area contributed by atoms with E-state index in [2.05, 4.69) is 15.4 Å². The van der Waals surface area contributed by atoms with Crippen molar-refractivity contribution in [3.63, 3.8) is 0 Å². The average molecular weight is 588 g/mol. The molecule has 0 spiro atoms. The Labute approximate surface area is 240 Å². The van der Waals surface area contributed by atoms with Gasteiger partial charge in [-0.05, 0) is 49.2 Å². The number of benzene rings is 2. The molecule has 0 aliphatic heterocycles. The molecule has 214 valence electrons. The first-order chi connectivity index (χ1) is 18.7. The number of nitrogens with zero attached hydrogens (tertiary/aromatic N) is 3. The minimum Gasteiger partial charge on any atom is -0.489 e. The smallest absolute Gasteiger partial charge is 0.264 e. The Morgan fingerprint density at radius 2 is 1.82 bits per heavy atom. The summed E-state index contributed by atoms with van der Waals surface area (Å²) in [4.78, 5) is 17.5. The highest BCUT2D eigenvalue weighted by Gasteiger charge is 2.64. The van der Waals surface area contributed by atoms with Crippen molar-refractivity contribution in [3.05, 3.63) is 58.6 Å². The summed E-state index contributed by atoms with van der Waals surface area (Å²) >= 11 is 6.17. The van der Waals surface area contributed by atoms with Crippen LogP contribution in [-0.4, -0.2) is 51.3 Å². The van der Waals surface area contributed by atoms with E-state index in [1.165, 1.54) is 6.21 Å². The molecule has 0 bridgehead atoms. The first-order valence-electron chi connectivity index (χ1n) is 12.6. The summed E-state index contributed by atoms with van der Waals surface area (Å²) in [5.41, 5.74) is 1.19. The highest BCUT2D eigenvalue weighted by molar-refractivity contribution is 7.85. The zero-order valence-electron chi connectivity index (χ0n) is 23.1. The number of nitrogens with one attached hydrogen (secondary N) is 1. The zero-order valence-corrected chi connectivity index (χ0v) is 24.7. The fourth-order valence-corrected chi connectivity index (χ4v) is 5.92. The van der Waals surface area contributed by atoms with E-state index in [9.17, 15) is 13.2 Å². The van der Waals surface area contributed by atoms with Crippen molar-refractivity contribution >= 4 is 45.2 Å². The summed E-state index contributed by atoms with van der Waals surface area (Å²) in [7, 11) is -3.49. The maximum absolute atomic E-state index is 13.1. The predicted octanol–water partition coefficient (Wildman–Crippen LogP) is 4.60. The third-order valence-corrected chi connectivity index (χ3v) is 7.87. The highest BCUT2D eigenvalue weighted by atomic mass is 35.5. The topological polar surface area (TPSA) is 156 Å². The van der Waals surface area contributed by atoms with E-state index in [1.54, 1.807) is 42.5 Å². The molecule has 10 nitrogen and oxygen atoms in total. The van der Waals surface area contributed by atoms with Crippen molar-refractivity contribution in [2.75, 3.05) is 12.9 Å². The summed E-state index contributed by atoms with van der Waals surface area (Å²) in [6, 6.07) is 13.7. The van der Waals surface area contributed by atoms with E-state index >= 15 is 0 Å². The van der Waals surface area contributed by atoms with E-state index in [0.29, 0.717) is 46.1 Å². The summed E-state index contributed by atoms with van der Waals surface area (Å²) < 4.78 is 33.1. The largest absolute Gasteiger partial charge is 0.489 e. The highest BCUT2D eigenvalue weighted by Crippen LogP contribution is 2.55. The number of hydrogen-bond acceptors (Lipinski definition) is 9. The van der Waals surface area contributed by atoms with Crippen LogP contribution in [0.3, 0.4) is 0 Å². The molecule has 1 saturated carbocycles. The van der Waals surface area contributed by atoms with Gasteiger partial charge >= 0.3 is 0 Å². The van der Waals surface area contributed by atoms with Gasteiger partial charge in [0.1, 0.15) is 17.9 Å². The third-order valence-electron chi connectivity index (χ3n) is 6.96. The van der Waals surface area contributed by atoms with E-state index in [0.717, 1.165) is 6.26 Å². The van der Waals surface area contributed by atoms with Crippen molar-refractivity contribution < 1.29 is 22.1 Å². The Kier molecular flexibility index (Phi) is 9.61. The molecule has 12 heteroatoms. The lowest BCUT2D eigenvalue weighted by Gasteiger charge is -2.63. The number of nitriles is 1. The number of nitrogens with two attached hydrogens (primary N) is 1. The standard InChI is InChI=1S/C28H34ClN5O5S/c1-27(2)25(28(3,4)26(27)39-22-13-10-19(16-30)23(29)15-22)33-24(35)18-8-11-20(12-9-18)32-17-21(34-31)7-6-14-38-40(5,36)37/h8-13,15,17,25-26H,6-7,14,31H2,1-5H3,(H,33,35). The van der Waals surface area contributed by atoms with Crippen molar-refractivity contribution in [1.82, 2.24) is 5.32 Å². The van der Waals surface area contributed by atoms with Crippen LogP contribution < -0.4 is 15.9 Å². The van der Waals surface area contributed by atoms with Gasteiger partial charge in [-0.2, -0.15) is 18.8 Å². The minimum atomic E-state index is -3.49. The molecule has 2 aromatic carbocycles. The fourth-order valence-electron chi connectivity index (χ4n) is 5.28. The quantitative estimate of drug-likeness (QED) is 0.128. The van der Waals surface area contributed by atoms with Crippen LogP contribution in [0.2, 0.25) is 5.02 Å². The number of ether oxygens (including phenoxy) is 1. The molecule has 0 heterocycles. The second kappa shape index (κ2) is 12.4. The molecular weight excluding hydrogens is 554 g/mol. The molecule has 1 fully saturated rings. The molecule has 0 unspecified atom stereocenters. The van der Waals surface area contributed by atoms with Crippen LogP contribution in [0, 0.1) is 22.2 Å². The molecule has 1 aliphatic rings. The van der Waals surface area contributed by atoms with Gasteiger partial charge in [0.2, 0.25) is 0 Å². The van der Waals surface area contributed by atoms with Crippen LogP contribution in [0.15, 0.2) is 52.6 Å². The molecule has 0 aromatic heterocycles. The number of carbonyl (C=O) groups is 1. The van der Waals surface area contributed by atoms with Crippen molar-refractivity contribution in [2.45, 2.75) is 52.7 Å².